The third-order valence-electron chi connectivity index (χ3n) is 1.92. The average molecular weight is 184 g/mol. The van der Waals surface area contributed by atoms with Crippen LogP contribution in [0.5, 0.6) is 0 Å². The van der Waals surface area contributed by atoms with Crippen LogP contribution in [0.1, 0.15) is 16.0 Å². The zero-order valence-electron chi connectivity index (χ0n) is 7.51. The lowest BCUT2D eigenvalue weighted by molar-refractivity contribution is -0.139. The van der Waals surface area contributed by atoms with E-state index in [0.29, 0.717) is 6.42 Å². The lowest BCUT2D eigenvalue weighted by atomic mass is 10.1. The van der Waals surface area contributed by atoms with Crippen LogP contribution < -0.4 is 0 Å². The van der Waals surface area contributed by atoms with Crippen molar-refractivity contribution in [1.29, 1.82) is 0 Å². The van der Waals surface area contributed by atoms with Gasteiger partial charge < -0.3 is 4.74 Å². The van der Waals surface area contributed by atoms with Crippen molar-refractivity contribution in [2.45, 2.75) is 20.3 Å². The maximum absolute atomic E-state index is 10.9. The Morgan fingerprint density at radius 1 is 1.58 bits per heavy atom. The van der Waals surface area contributed by atoms with Gasteiger partial charge in [-0.2, -0.15) is 0 Å². The second-order valence-electron chi connectivity index (χ2n) is 2.72. The molecule has 0 amide bonds. The summed E-state index contributed by atoms with van der Waals surface area (Å²) in [5.41, 5.74) is 2.46. The van der Waals surface area contributed by atoms with Crippen LogP contribution >= 0.6 is 11.3 Å². The van der Waals surface area contributed by atoms with Crippen molar-refractivity contribution < 1.29 is 9.53 Å². The van der Waals surface area contributed by atoms with E-state index in [4.69, 9.17) is 0 Å². The molecule has 0 saturated carbocycles. The summed E-state index contributed by atoms with van der Waals surface area (Å²) in [7, 11) is 1.41. The molecule has 2 nitrogen and oxygen atoms in total. The summed E-state index contributed by atoms with van der Waals surface area (Å²) < 4.78 is 4.59. The number of ether oxygens (including phenoxy) is 1. The first-order valence-electron chi connectivity index (χ1n) is 3.75. The van der Waals surface area contributed by atoms with E-state index in [1.165, 1.54) is 18.2 Å². The molecule has 0 aliphatic carbocycles. The van der Waals surface area contributed by atoms with Gasteiger partial charge in [0, 0.05) is 4.88 Å². The summed E-state index contributed by atoms with van der Waals surface area (Å²) in [6.07, 6.45) is 0.404. The van der Waals surface area contributed by atoms with Crippen molar-refractivity contribution in [3.8, 4) is 0 Å². The molecule has 0 saturated heterocycles. The van der Waals surface area contributed by atoms with E-state index in [1.807, 2.05) is 13.8 Å². The molecule has 1 rings (SSSR count). The van der Waals surface area contributed by atoms with Crippen LogP contribution in [0.3, 0.4) is 0 Å². The predicted molar refractivity (Wildman–Crippen MR) is 49.5 cm³/mol. The highest BCUT2D eigenvalue weighted by molar-refractivity contribution is 7.10. The van der Waals surface area contributed by atoms with Gasteiger partial charge in [0.15, 0.2) is 0 Å². The normalized spacial score (nSPS) is 9.92. The molecule has 12 heavy (non-hydrogen) atoms. The Hall–Kier alpha value is -0.830. The Balaban J connectivity index is 2.76. The minimum atomic E-state index is -0.167. The molecule has 3 heteroatoms. The number of esters is 1. The lowest BCUT2D eigenvalue weighted by Crippen LogP contribution is -2.03. The molecular weight excluding hydrogens is 172 g/mol. The Bertz CT molecular complexity index is 289. The summed E-state index contributed by atoms with van der Waals surface area (Å²) in [5, 5.41) is 2.06. The molecule has 0 aromatic carbocycles. The van der Waals surface area contributed by atoms with Crippen LogP contribution in [0.2, 0.25) is 0 Å². The van der Waals surface area contributed by atoms with Crippen molar-refractivity contribution in [2.24, 2.45) is 0 Å². The zero-order valence-corrected chi connectivity index (χ0v) is 8.33. The third kappa shape index (κ3) is 1.85. The first-order chi connectivity index (χ1) is 5.65. The fourth-order valence-corrected chi connectivity index (χ4v) is 1.97. The molecule has 0 bridgehead atoms. The van der Waals surface area contributed by atoms with E-state index in [9.17, 15) is 4.79 Å². The number of carbonyl (C=O) groups excluding carboxylic acids is 1. The van der Waals surface area contributed by atoms with Crippen LogP contribution in [0.4, 0.5) is 0 Å². The molecule has 66 valence electrons. The van der Waals surface area contributed by atoms with Gasteiger partial charge in [0.1, 0.15) is 0 Å². The number of hydrogen-bond acceptors (Lipinski definition) is 3. The van der Waals surface area contributed by atoms with Crippen molar-refractivity contribution in [3.05, 3.63) is 21.4 Å². The van der Waals surface area contributed by atoms with Crippen LogP contribution in [0, 0.1) is 13.8 Å². The summed E-state index contributed by atoms with van der Waals surface area (Å²) in [5.74, 6) is -0.167. The van der Waals surface area contributed by atoms with Crippen molar-refractivity contribution in [1.82, 2.24) is 0 Å². The highest BCUT2D eigenvalue weighted by atomic mass is 32.1. The minimum absolute atomic E-state index is 0.167. The molecule has 0 fully saturated rings. The number of carbonyl (C=O) groups is 1. The molecular formula is C9H12O2S. The molecule has 0 atom stereocenters. The van der Waals surface area contributed by atoms with Gasteiger partial charge in [-0.1, -0.05) is 0 Å². The smallest absolute Gasteiger partial charge is 0.310 e. The van der Waals surface area contributed by atoms with Crippen LogP contribution in [-0.4, -0.2) is 13.1 Å². The van der Waals surface area contributed by atoms with Gasteiger partial charge in [0.25, 0.3) is 0 Å². The maximum Gasteiger partial charge on any atom is 0.310 e. The van der Waals surface area contributed by atoms with Crippen molar-refractivity contribution in [2.75, 3.05) is 7.11 Å². The Kier molecular flexibility index (Phi) is 2.87. The fourth-order valence-electron chi connectivity index (χ4n) is 0.934. The van der Waals surface area contributed by atoms with Gasteiger partial charge in [-0.15, -0.1) is 11.3 Å². The first-order valence-corrected chi connectivity index (χ1v) is 4.63. The largest absolute Gasteiger partial charge is 0.469 e. The van der Waals surface area contributed by atoms with Crippen molar-refractivity contribution in [3.63, 3.8) is 0 Å². The third-order valence-corrected chi connectivity index (χ3v) is 3.13. The van der Waals surface area contributed by atoms with E-state index in [0.717, 1.165) is 4.88 Å². The predicted octanol–water partition coefficient (Wildman–Crippen LogP) is 2.08. The number of aryl methyl sites for hydroxylation is 1. The second kappa shape index (κ2) is 3.72. The highest BCUT2D eigenvalue weighted by Crippen LogP contribution is 2.21. The Morgan fingerprint density at radius 3 is 2.67 bits per heavy atom. The molecule has 1 heterocycles. The molecule has 0 aliphatic rings. The maximum atomic E-state index is 10.9. The lowest BCUT2D eigenvalue weighted by Gasteiger charge is -1.97. The monoisotopic (exact) mass is 184 g/mol. The molecule has 0 unspecified atom stereocenters. The van der Waals surface area contributed by atoms with Gasteiger partial charge in [-0.3, -0.25) is 4.79 Å². The average Bonchev–Trinajstić information content (AvgIpc) is 2.36. The number of hydrogen-bond donors (Lipinski definition) is 0. The van der Waals surface area contributed by atoms with Crippen LogP contribution in [0.25, 0.3) is 0 Å². The van der Waals surface area contributed by atoms with Crippen LogP contribution in [-0.2, 0) is 16.0 Å². The quantitative estimate of drug-likeness (QED) is 0.658. The van der Waals surface area contributed by atoms with Gasteiger partial charge in [-0.05, 0) is 30.4 Å². The fraction of sp³-hybridized carbons (Fsp3) is 0.444. The summed E-state index contributed by atoms with van der Waals surface area (Å²) in [6, 6.07) is 0. The minimum Gasteiger partial charge on any atom is -0.469 e. The van der Waals surface area contributed by atoms with Crippen molar-refractivity contribution >= 4 is 17.3 Å². The Labute approximate surface area is 76.2 Å². The van der Waals surface area contributed by atoms with Gasteiger partial charge in [0.2, 0.25) is 0 Å². The SMILES string of the molecule is COC(=O)Cc1scc(C)c1C. The molecule has 0 aliphatic heterocycles. The summed E-state index contributed by atoms with van der Waals surface area (Å²) >= 11 is 1.62. The van der Waals surface area contributed by atoms with E-state index in [-0.39, 0.29) is 5.97 Å². The topological polar surface area (TPSA) is 26.3 Å². The molecule has 0 spiro atoms. The summed E-state index contributed by atoms with van der Waals surface area (Å²) in [6.45, 7) is 4.08. The van der Waals surface area contributed by atoms with Gasteiger partial charge in [0.05, 0.1) is 13.5 Å². The summed E-state index contributed by atoms with van der Waals surface area (Å²) in [4.78, 5) is 12.0. The van der Waals surface area contributed by atoms with E-state index in [1.54, 1.807) is 11.3 Å². The Morgan fingerprint density at radius 2 is 2.25 bits per heavy atom. The zero-order chi connectivity index (χ0) is 9.14. The number of rotatable bonds is 2. The number of thiophene rings is 1. The number of methoxy groups -OCH3 is 1. The molecule has 0 radical (unpaired) electrons. The second-order valence-corrected chi connectivity index (χ2v) is 3.68. The van der Waals surface area contributed by atoms with Gasteiger partial charge >= 0.3 is 5.97 Å². The molecule has 0 N–H and O–H groups in total. The van der Waals surface area contributed by atoms with E-state index in [2.05, 4.69) is 10.1 Å². The first kappa shape index (κ1) is 9.26. The van der Waals surface area contributed by atoms with Gasteiger partial charge in [-0.25, -0.2) is 0 Å². The van der Waals surface area contributed by atoms with E-state index < -0.39 is 0 Å². The van der Waals surface area contributed by atoms with Crippen LogP contribution in [0.15, 0.2) is 5.38 Å². The molecule has 1 aromatic rings. The highest BCUT2D eigenvalue weighted by Gasteiger charge is 2.08. The molecule has 1 aromatic heterocycles. The standard InChI is InChI=1S/C9H12O2S/c1-6-5-12-8(7(6)2)4-9(10)11-3/h5H,4H2,1-3H3. The van der Waals surface area contributed by atoms with E-state index >= 15 is 0 Å².